The highest BCUT2D eigenvalue weighted by Gasteiger charge is 2.19. The Hall–Kier alpha value is -2.04. The molecule has 0 fully saturated rings. The van der Waals surface area contributed by atoms with Crippen molar-refractivity contribution in [3.63, 3.8) is 0 Å². The van der Waals surface area contributed by atoms with Crippen molar-refractivity contribution in [1.82, 2.24) is 9.55 Å². The van der Waals surface area contributed by atoms with Crippen LogP contribution in [0.15, 0.2) is 12.1 Å². The first-order valence-corrected chi connectivity index (χ1v) is 5.95. The largest absolute Gasteiger partial charge is 0.513 e. The van der Waals surface area contributed by atoms with Crippen LogP contribution in [0.3, 0.4) is 0 Å². The standard InChI is InChI=1S/C13H14N2O3/c1-8-10(18-13(16)17-2)6-5-9-12(8)14-11-4-3-7-15(9)11/h5-6H,3-4,7H2,1-2H3. The third kappa shape index (κ3) is 1.54. The zero-order valence-corrected chi connectivity index (χ0v) is 10.4. The van der Waals surface area contributed by atoms with E-state index in [0.717, 1.165) is 41.8 Å². The van der Waals surface area contributed by atoms with Crippen LogP contribution in [0.5, 0.6) is 5.75 Å². The van der Waals surface area contributed by atoms with E-state index in [9.17, 15) is 4.79 Å². The summed E-state index contributed by atoms with van der Waals surface area (Å²) >= 11 is 0. The van der Waals surface area contributed by atoms with Crippen molar-refractivity contribution < 1.29 is 14.3 Å². The van der Waals surface area contributed by atoms with Crippen LogP contribution in [0.2, 0.25) is 0 Å². The van der Waals surface area contributed by atoms with Gasteiger partial charge in [0.15, 0.2) is 0 Å². The van der Waals surface area contributed by atoms with E-state index in [1.165, 1.54) is 7.11 Å². The van der Waals surface area contributed by atoms with E-state index in [4.69, 9.17) is 4.74 Å². The molecule has 1 aliphatic heterocycles. The zero-order chi connectivity index (χ0) is 12.7. The molecule has 1 aliphatic rings. The highest BCUT2D eigenvalue weighted by molar-refractivity contribution is 5.83. The smallest absolute Gasteiger partial charge is 0.437 e. The van der Waals surface area contributed by atoms with Crippen molar-refractivity contribution in [3.05, 3.63) is 23.5 Å². The van der Waals surface area contributed by atoms with Crippen LogP contribution in [0, 0.1) is 6.92 Å². The van der Waals surface area contributed by atoms with Gasteiger partial charge in [-0.2, -0.15) is 0 Å². The predicted molar refractivity (Wildman–Crippen MR) is 65.8 cm³/mol. The first-order valence-electron chi connectivity index (χ1n) is 5.95. The van der Waals surface area contributed by atoms with Gasteiger partial charge >= 0.3 is 6.16 Å². The quantitative estimate of drug-likeness (QED) is 0.573. The highest BCUT2D eigenvalue weighted by atomic mass is 16.7. The van der Waals surface area contributed by atoms with Crippen LogP contribution in [-0.2, 0) is 17.7 Å². The Morgan fingerprint density at radius 2 is 2.28 bits per heavy atom. The summed E-state index contributed by atoms with van der Waals surface area (Å²) in [6.07, 6.45) is 1.46. The zero-order valence-electron chi connectivity index (χ0n) is 10.4. The molecule has 5 nitrogen and oxygen atoms in total. The number of rotatable bonds is 1. The van der Waals surface area contributed by atoms with E-state index in [-0.39, 0.29) is 0 Å². The SMILES string of the molecule is COC(=O)Oc1ccc2c(nc3n2CCC3)c1C. The van der Waals surface area contributed by atoms with Gasteiger partial charge in [-0.3, -0.25) is 0 Å². The second-order valence-electron chi connectivity index (χ2n) is 4.40. The van der Waals surface area contributed by atoms with Crippen LogP contribution in [0.1, 0.15) is 17.8 Å². The maximum Gasteiger partial charge on any atom is 0.513 e. The fourth-order valence-electron chi connectivity index (χ4n) is 2.43. The van der Waals surface area contributed by atoms with E-state index >= 15 is 0 Å². The molecule has 0 amide bonds. The average molecular weight is 246 g/mol. The van der Waals surface area contributed by atoms with Gasteiger partial charge in [-0.15, -0.1) is 0 Å². The number of carbonyl (C=O) groups excluding carboxylic acids is 1. The molecule has 5 heteroatoms. The number of nitrogens with zero attached hydrogens (tertiary/aromatic N) is 2. The summed E-state index contributed by atoms with van der Waals surface area (Å²) in [5.74, 6) is 1.62. The van der Waals surface area contributed by atoms with Gasteiger partial charge in [0.25, 0.3) is 0 Å². The monoisotopic (exact) mass is 246 g/mol. The van der Waals surface area contributed by atoms with Gasteiger partial charge in [0, 0.05) is 18.5 Å². The van der Waals surface area contributed by atoms with Gasteiger partial charge in [0.05, 0.1) is 18.1 Å². The Labute approximate surface area is 104 Å². The Morgan fingerprint density at radius 3 is 3.06 bits per heavy atom. The van der Waals surface area contributed by atoms with Crippen LogP contribution >= 0.6 is 0 Å². The van der Waals surface area contributed by atoms with Gasteiger partial charge in [0.1, 0.15) is 11.6 Å². The van der Waals surface area contributed by atoms with Crippen LogP contribution in [0.4, 0.5) is 4.79 Å². The van der Waals surface area contributed by atoms with Crippen LogP contribution in [0.25, 0.3) is 11.0 Å². The van der Waals surface area contributed by atoms with Crippen LogP contribution < -0.4 is 4.74 Å². The molecule has 0 saturated carbocycles. The van der Waals surface area contributed by atoms with Crippen molar-refractivity contribution in [2.75, 3.05) is 7.11 Å². The number of carbonyl (C=O) groups is 1. The summed E-state index contributed by atoms with van der Waals surface area (Å²) in [5.41, 5.74) is 2.89. The second kappa shape index (κ2) is 4.01. The molecular formula is C13H14N2O3. The van der Waals surface area contributed by atoms with Crippen LogP contribution in [-0.4, -0.2) is 22.8 Å². The number of aromatic nitrogens is 2. The molecule has 2 aromatic rings. The van der Waals surface area contributed by atoms with Crippen molar-refractivity contribution in [2.45, 2.75) is 26.3 Å². The topological polar surface area (TPSA) is 53.4 Å². The summed E-state index contributed by atoms with van der Waals surface area (Å²) in [6, 6.07) is 3.74. The molecule has 0 bridgehead atoms. The molecule has 18 heavy (non-hydrogen) atoms. The van der Waals surface area contributed by atoms with E-state index in [0.29, 0.717) is 5.75 Å². The Balaban J connectivity index is 2.09. The van der Waals surface area contributed by atoms with Gasteiger partial charge in [-0.1, -0.05) is 0 Å². The number of hydrogen-bond donors (Lipinski definition) is 0. The number of hydrogen-bond acceptors (Lipinski definition) is 4. The summed E-state index contributed by atoms with van der Waals surface area (Å²) in [7, 11) is 1.29. The molecule has 0 saturated heterocycles. The minimum atomic E-state index is -0.704. The molecule has 1 aromatic heterocycles. The third-order valence-electron chi connectivity index (χ3n) is 3.35. The Kier molecular flexibility index (Phi) is 2.47. The minimum Gasteiger partial charge on any atom is -0.437 e. The van der Waals surface area contributed by atoms with E-state index in [2.05, 4.69) is 14.3 Å². The molecule has 0 N–H and O–H groups in total. The Morgan fingerprint density at radius 1 is 1.44 bits per heavy atom. The minimum absolute atomic E-state index is 0.506. The first kappa shape index (κ1) is 11.1. The summed E-state index contributed by atoms with van der Waals surface area (Å²) in [6.45, 7) is 2.92. The molecule has 2 heterocycles. The van der Waals surface area contributed by atoms with E-state index < -0.39 is 6.16 Å². The van der Waals surface area contributed by atoms with Crippen molar-refractivity contribution in [2.24, 2.45) is 0 Å². The summed E-state index contributed by atoms with van der Waals surface area (Å²) in [5, 5.41) is 0. The van der Waals surface area contributed by atoms with Crippen molar-refractivity contribution >= 4 is 17.2 Å². The summed E-state index contributed by atoms with van der Waals surface area (Å²) < 4.78 is 11.8. The number of ether oxygens (including phenoxy) is 2. The lowest BCUT2D eigenvalue weighted by atomic mass is 10.2. The van der Waals surface area contributed by atoms with E-state index in [1.807, 2.05) is 13.0 Å². The lowest BCUT2D eigenvalue weighted by Gasteiger charge is -2.07. The third-order valence-corrected chi connectivity index (χ3v) is 3.35. The van der Waals surface area contributed by atoms with E-state index in [1.54, 1.807) is 6.07 Å². The van der Waals surface area contributed by atoms with Gasteiger partial charge in [-0.25, -0.2) is 9.78 Å². The second-order valence-corrected chi connectivity index (χ2v) is 4.40. The maximum absolute atomic E-state index is 11.1. The molecule has 0 atom stereocenters. The molecule has 1 aromatic carbocycles. The number of methoxy groups -OCH3 is 1. The van der Waals surface area contributed by atoms with Gasteiger partial charge in [-0.05, 0) is 25.5 Å². The molecule has 0 aliphatic carbocycles. The fourth-order valence-corrected chi connectivity index (χ4v) is 2.43. The first-order chi connectivity index (χ1) is 8.70. The molecule has 0 spiro atoms. The predicted octanol–water partition coefficient (Wildman–Crippen LogP) is 2.44. The molecule has 94 valence electrons. The molecular weight excluding hydrogens is 232 g/mol. The number of fused-ring (bicyclic) bond motifs is 3. The number of aryl methyl sites for hydroxylation is 3. The molecule has 0 unspecified atom stereocenters. The lowest BCUT2D eigenvalue weighted by Crippen LogP contribution is -2.08. The number of imidazole rings is 1. The van der Waals surface area contributed by atoms with Gasteiger partial charge < -0.3 is 14.0 Å². The average Bonchev–Trinajstić information content (AvgIpc) is 2.93. The maximum atomic E-state index is 11.1. The highest BCUT2D eigenvalue weighted by Crippen LogP contribution is 2.30. The fraction of sp³-hybridized carbons (Fsp3) is 0.385. The molecule has 0 radical (unpaired) electrons. The molecule has 3 rings (SSSR count). The number of benzene rings is 1. The summed E-state index contributed by atoms with van der Waals surface area (Å²) in [4.78, 5) is 15.8. The Bertz CT molecular complexity index is 631. The van der Waals surface area contributed by atoms with Gasteiger partial charge in [0.2, 0.25) is 0 Å². The van der Waals surface area contributed by atoms with Crippen molar-refractivity contribution in [1.29, 1.82) is 0 Å². The van der Waals surface area contributed by atoms with Crippen molar-refractivity contribution in [3.8, 4) is 5.75 Å². The lowest BCUT2D eigenvalue weighted by molar-refractivity contribution is 0.121. The normalized spacial score (nSPS) is 13.7.